The predicted octanol–water partition coefficient (Wildman–Crippen LogP) is 4.75. The van der Waals surface area contributed by atoms with Gasteiger partial charge < -0.3 is 23.9 Å². The molecule has 1 aromatic heterocycles. The van der Waals surface area contributed by atoms with Crippen LogP contribution in [0.3, 0.4) is 0 Å². The Balaban J connectivity index is 1.88. The van der Waals surface area contributed by atoms with Crippen molar-refractivity contribution in [2.45, 2.75) is 37.8 Å². The molecule has 0 saturated heterocycles. The molecule has 3 aromatic rings. The summed E-state index contributed by atoms with van der Waals surface area (Å²) in [6.45, 7) is 0. The van der Waals surface area contributed by atoms with Gasteiger partial charge in [0.05, 0.1) is 27.6 Å². The summed E-state index contributed by atoms with van der Waals surface area (Å²) in [5.74, 6) is 0.818. The number of carbonyl (C=O) groups is 2. The average molecular weight is 479 g/mol. The second-order valence-electron chi connectivity index (χ2n) is 8.33. The van der Waals surface area contributed by atoms with Gasteiger partial charge in [0.2, 0.25) is 5.91 Å². The maximum atomic E-state index is 13.9. The highest BCUT2D eigenvalue weighted by atomic mass is 16.5. The van der Waals surface area contributed by atoms with Gasteiger partial charge in [-0.25, -0.2) is 0 Å². The molecular formula is C27H30N2O6. The topological polar surface area (TPSA) is 90.2 Å². The van der Waals surface area contributed by atoms with Gasteiger partial charge in [0.1, 0.15) is 11.8 Å². The summed E-state index contributed by atoms with van der Waals surface area (Å²) < 4.78 is 21.9. The number of methoxy groups -OCH3 is 3. The van der Waals surface area contributed by atoms with Crippen molar-refractivity contribution in [2.75, 3.05) is 26.2 Å². The SMILES string of the molecule is COc1ccc(N(C(=O)c2ccco2)C(C(=O)NC2CCCC2)c2cccc(OC)c2OC)cc1. The highest BCUT2D eigenvalue weighted by Gasteiger charge is 2.38. The van der Waals surface area contributed by atoms with Gasteiger partial charge in [0.15, 0.2) is 17.3 Å². The fraction of sp³-hybridized carbons (Fsp3) is 0.333. The van der Waals surface area contributed by atoms with Crippen LogP contribution in [0.5, 0.6) is 17.2 Å². The lowest BCUT2D eigenvalue weighted by Crippen LogP contribution is -2.46. The minimum Gasteiger partial charge on any atom is -0.497 e. The summed E-state index contributed by atoms with van der Waals surface area (Å²) in [5.41, 5.74) is 1.00. The number of carbonyl (C=O) groups excluding carboxylic acids is 2. The third-order valence-electron chi connectivity index (χ3n) is 6.24. The lowest BCUT2D eigenvalue weighted by molar-refractivity contribution is -0.123. The van der Waals surface area contributed by atoms with Crippen LogP contribution in [0.4, 0.5) is 5.69 Å². The summed E-state index contributed by atoms with van der Waals surface area (Å²) in [5, 5.41) is 3.15. The van der Waals surface area contributed by atoms with Crippen LogP contribution in [0.1, 0.15) is 47.8 Å². The fourth-order valence-electron chi connectivity index (χ4n) is 4.52. The van der Waals surface area contributed by atoms with E-state index in [2.05, 4.69) is 5.32 Å². The molecule has 0 spiro atoms. The normalized spacial score (nSPS) is 14.3. The molecule has 1 unspecified atom stereocenters. The zero-order valence-electron chi connectivity index (χ0n) is 20.2. The van der Waals surface area contributed by atoms with Crippen LogP contribution >= 0.6 is 0 Å². The number of para-hydroxylation sites is 1. The Bertz CT molecular complexity index is 1140. The molecule has 0 bridgehead atoms. The zero-order chi connectivity index (χ0) is 24.8. The van der Waals surface area contributed by atoms with E-state index < -0.39 is 11.9 Å². The van der Waals surface area contributed by atoms with E-state index in [0.717, 1.165) is 25.7 Å². The molecule has 4 rings (SSSR count). The monoisotopic (exact) mass is 478 g/mol. The minimum absolute atomic E-state index is 0.0537. The second kappa shape index (κ2) is 11.0. The zero-order valence-corrected chi connectivity index (χ0v) is 20.2. The quantitative estimate of drug-likeness (QED) is 0.477. The Hall–Kier alpha value is -3.94. The summed E-state index contributed by atoms with van der Waals surface area (Å²) >= 11 is 0. The van der Waals surface area contributed by atoms with Crippen LogP contribution in [-0.2, 0) is 4.79 Å². The number of nitrogens with zero attached hydrogens (tertiary/aromatic N) is 1. The van der Waals surface area contributed by atoms with Crippen LogP contribution in [-0.4, -0.2) is 39.2 Å². The number of hydrogen-bond acceptors (Lipinski definition) is 6. The Morgan fingerprint density at radius 3 is 2.29 bits per heavy atom. The van der Waals surface area contributed by atoms with Crippen molar-refractivity contribution < 1.29 is 28.2 Å². The van der Waals surface area contributed by atoms with Crippen molar-refractivity contribution in [3.05, 3.63) is 72.2 Å². The summed E-state index contributed by atoms with van der Waals surface area (Å²) in [7, 11) is 4.61. The number of amides is 2. The van der Waals surface area contributed by atoms with Crippen molar-refractivity contribution in [3.8, 4) is 17.2 Å². The smallest absolute Gasteiger partial charge is 0.294 e. The number of benzene rings is 2. The van der Waals surface area contributed by atoms with E-state index in [1.807, 2.05) is 0 Å². The van der Waals surface area contributed by atoms with Crippen molar-refractivity contribution in [1.82, 2.24) is 5.32 Å². The standard InChI is InChI=1S/C27H30N2O6/c1-32-20-15-13-19(14-16-20)29(27(31)23-12-7-17-35-23)24(26(30)28-18-8-4-5-9-18)21-10-6-11-22(33-2)25(21)34-3/h6-7,10-18,24H,4-5,8-9H2,1-3H3,(H,28,30). The van der Waals surface area contributed by atoms with Crippen molar-refractivity contribution in [2.24, 2.45) is 0 Å². The number of ether oxygens (including phenoxy) is 3. The van der Waals surface area contributed by atoms with E-state index in [-0.39, 0.29) is 17.7 Å². The summed E-state index contributed by atoms with van der Waals surface area (Å²) in [6.07, 6.45) is 5.36. The average Bonchev–Trinajstić information content (AvgIpc) is 3.61. The van der Waals surface area contributed by atoms with Crippen LogP contribution in [0.2, 0.25) is 0 Å². The number of rotatable bonds is 9. The molecule has 1 N–H and O–H groups in total. The lowest BCUT2D eigenvalue weighted by Gasteiger charge is -2.32. The van der Waals surface area contributed by atoms with Gasteiger partial charge in [0.25, 0.3) is 5.91 Å². The van der Waals surface area contributed by atoms with E-state index in [9.17, 15) is 9.59 Å². The Morgan fingerprint density at radius 2 is 1.69 bits per heavy atom. The molecule has 2 aromatic carbocycles. The van der Waals surface area contributed by atoms with Crippen molar-refractivity contribution in [1.29, 1.82) is 0 Å². The first-order valence-electron chi connectivity index (χ1n) is 11.6. The first-order chi connectivity index (χ1) is 17.1. The Labute approximate surface area is 204 Å². The van der Waals surface area contributed by atoms with Crippen LogP contribution in [0.15, 0.2) is 65.3 Å². The van der Waals surface area contributed by atoms with E-state index in [4.69, 9.17) is 18.6 Å². The molecule has 8 heteroatoms. The maximum Gasteiger partial charge on any atom is 0.294 e. The Morgan fingerprint density at radius 1 is 0.943 bits per heavy atom. The molecule has 0 aliphatic heterocycles. The van der Waals surface area contributed by atoms with Gasteiger partial charge in [-0.1, -0.05) is 25.0 Å². The maximum absolute atomic E-state index is 13.9. The highest BCUT2D eigenvalue weighted by Crippen LogP contribution is 2.40. The first kappa shape index (κ1) is 24.2. The van der Waals surface area contributed by atoms with E-state index in [1.165, 1.54) is 25.4 Å². The van der Waals surface area contributed by atoms with Crippen LogP contribution in [0, 0.1) is 0 Å². The van der Waals surface area contributed by atoms with Crippen LogP contribution < -0.4 is 24.4 Å². The number of hydrogen-bond donors (Lipinski definition) is 1. The summed E-state index contributed by atoms with van der Waals surface area (Å²) in [4.78, 5) is 29.2. The molecule has 2 amide bonds. The van der Waals surface area contributed by atoms with E-state index in [1.54, 1.807) is 61.7 Å². The molecule has 1 aliphatic rings. The highest BCUT2D eigenvalue weighted by molar-refractivity contribution is 6.09. The molecule has 1 heterocycles. The van der Waals surface area contributed by atoms with Gasteiger partial charge in [-0.05, 0) is 55.3 Å². The molecule has 1 atom stereocenters. The third-order valence-corrected chi connectivity index (χ3v) is 6.24. The molecule has 0 radical (unpaired) electrons. The van der Waals surface area contributed by atoms with E-state index in [0.29, 0.717) is 28.5 Å². The van der Waals surface area contributed by atoms with Gasteiger partial charge >= 0.3 is 0 Å². The molecule has 1 aliphatic carbocycles. The summed E-state index contributed by atoms with van der Waals surface area (Å²) in [6, 6.07) is 14.5. The molecule has 184 valence electrons. The number of anilines is 1. The van der Waals surface area contributed by atoms with Crippen LogP contribution in [0.25, 0.3) is 0 Å². The van der Waals surface area contributed by atoms with Crippen molar-refractivity contribution >= 4 is 17.5 Å². The van der Waals surface area contributed by atoms with Gasteiger partial charge in [0, 0.05) is 17.3 Å². The largest absolute Gasteiger partial charge is 0.497 e. The molecular weight excluding hydrogens is 448 g/mol. The minimum atomic E-state index is -1.05. The number of nitrogens with one attached hydrogen (secondary N) is 1. The third kappa shape index (κ3) is 5.11. The fourth-order valence-corrected chi connectivity index (χ4v) is 4.52. The molecule has 1 fully saturated rings. The molecule has 1 saturated carbocycles. The lowest BCUT2D eigenvalue weighted by atomic mass is 10.00. The van der Waals surface area contributed by atoms with Crippen molar-refractivity contribution in [3.63, 3.8) is 0 Å². The van der Waals surface area contributed by atoms with Gasteiger partial charge in [-0.15, -0.1) is 0 Å². The molecule has 8 nitrogen and oxygen atoms in total. The Kier molecular flexibility index (Phi) is 7.60. The second-order valence-corrected chi connectivity index (χ2v) is 8.33. The molecule has 35 heavy (non-hydrogen) atoms. The van der Waals surface area contributed by atoms with Gasteiger partial charge in [-0.2, -0.15) is 0 Å². The number of furan rings is 1. The van der Waals surface area contributed by atoms with E-state index >= 15 is 0 Å². The van der Waals surface area contributed by atoms with Gasteiger partial charge in [-0.3, -0.25) is 14.5 Å². The first-order valence-corrected chi connectivity index (χ1v) is 11.6. The predicted molar refractivity (Wildman–Crippen MR) is 131 cm³/mol.